The molecule has 2 heterocycles. The number of anilines is 2. The molecule has 0 radical (unpaired) electrons. The monoisotopic (exact) mass is 222 g/mol. The molecule has 5 heteroatoms. The lowest BCUT2D eigenvalue weighted by molar-refractivity contribution is 0.0576. The molecule has 0 spiro atoms. The van der Waals surface area contributed by atoms with Crippen molar-refractivity contribution in [2.24, 2.45) is 5.92 Å². The molecule has 5 nitrogen and oxygen atoms in total. The molecule has 1 fully saturated rings. The number of rotatable bonds is 3. The van der Waals surface area contributed by atoms with Crippen molar-refractivity contribution in [1.29, 1.82) is 0 Å². The number of hydrogen-bond acceptors (Lipinski definition) is 5. The number of ether oxygens (including phenoxy) is 1. The van der Waals surface area contributed by atoms with E-state index >= 15 is 0 Å². The molecular formula is C11H18N4O. The second-order valence-corrected chi connectivity index (χ2v) is 4.26. The van der Waals surface area contributed by atoms with Crippen LogP contribution >= 0.6 is 0 Å². The predicted octanol–water partition coefficient (Wildman–Crippen LogP) is 0.922. The Balaban J connectivity index is 1.94. The molecule has 1 aromatic rings. The minimum Gasteiger partial charge on any atom is -0.384 e. The van der Waals surface area contributed by atoms with Crippen molar-refractivity contribution in [3.63, 3.8) is 0 Å². The number of hydrogen-bond donors (Lipinski definition) is 1. The van der Waals surface area contributed by atoms with E-state index in [9.17, 15) is 0 Å². The second kappa shape index (κ2) is 5.12. The van der Waals surface area contributed by atoms with Crippen molar-refractivity contribution in [1.82, 2.24) is 9.97 Å². The van der Waals surface area contributed by atoms with E-state index in [1.165, 1.54) is 12.7 Å². The first-order valence-corrected chi connectivity index (χ1v) is 5.62. The maximum absolute atomic E-state index is 5.63. The molecule has 2 N–H and O–H groups in total. The van der Waals surface area contributed by atoms with E-state index in [1.807, 2.05) is 7.05 Å². The van der Waals surface area contributed by atoms with Gasteiger partial charge in [0.1, 0.15) is 18.0 Å². The number of aromatic nitrogens is 2. The van der Waals surface area contributed by atoms with Crippen molar-refractivity contribution in [3.8, 4) is 0 Å². The zero-order valence-electron chi connectivity index (χ0n) is 9.59. The van der Waals surface area contributed by atoms with Gasteiger partial charge in [-0.15, -0.1) is 0 Å². The smallest absolute Gasteiger partial charge is 0.133 e. The van der Waals surface area contributed by atoms with Crippen LogP contribution in [0, 0.1) is 5.92 Å². The number of nitrogens with two attached hydrogens (primary N) is 1. The molecule has 88 valence electrons. The minimum absolute atomic E-state index is 0.511. The Labute approximate surface area is 95.6 Å². The topological polar surface area (TPSA) is 64.3 Å². The van der Waals surface area contributed by atoms with Gasteiger partial charge in [0.15, 0.2) is 0 Å². The zero-order valence-corrected chi connectivity index (χ0v) is 9.59. The summed E-state index contributed by atoms with van der Waals surface area (Å²) in [7, 11) is 2.02. The van der Waals surface area contributed by atoms with Crippen molar-refractivity contribution in [2.45, 2.75) is 12.8 Å². The van der Waals surface area contributed by atoms with Gasteiger partial charge in [-0.2, -0.15) is 0 Å². The highest BCUT2D eigenvalue weighted by Gasteiger charge is 2.16. The molecule has 16 heavy (non-hydrogen) atoms. The Morgan fingerprint density at radius 3 is 3.12 bits per heavy atom. The molecule has 0 aromatic carbocycles. The van der Waals surface area contributed by atoms with Crippen LogP contribution < -0.4 is 10.6 Å². The van der Waals surface area contributed by atoms with E-state index in [0.29, 0.717) is 11.7 Å². The van der Waals surface area contributed by atoms with Gasteiger partial charge in [0.25, 0.3) is 0 Å². The van der Waals surface area contributed by atoms with Gasteiger partial charge < -0.3 is 15.4 Å². The third-order valence-electron chi connectivity index (χ3n) is 2.85. The summed E-state index contributed by atoms with van der Waals surface area (Å²) < 4.78 is 5.46. The highest BCUT2D eigenvalue weighted by molar-refractivity contribution is 5.45. The van der Waals surface area contributed by atoms with E-state index in [-0.39, 0.29) is 0 Å². The van der Waals surface area contributed by atoms with E-state index in [1.54, 1.807) is 6.07 Å². The van der Waals surface area contributed by atoms with Crippen LogP contribution in [0.3, 0.4) is 0 Å². The molecule has 1 unspecified atom stereocenters. The van der Waals surface area contributed by atoms with Crippen LogP contribution in [-0.4, -0.2) is 36.8 Å². The highest BCUT2D eigenvalue weighted by Crippen LogP contribution is 2.17. The summed E-state index contributed by atoms with van der Waals surface area (Å²) in [5, 5.41) is 0. The second-order valence-electron chi connectivity index (χ2n) is 4.26. The first-order chi connectivity index (χ1) is 7.75. The summed E-state index contributed by atoms with van der Waals surface area (Å²) in [6.07, 6.45) is 3.88. The average Bonchev–Trinajstić information content (AvgIpc) is 2.30. The molecule has 1 saturated heterocycles. The first-order valence-electron chi connectivity index (χ1n) is 5.62. The van der Waals surface area contributed by atoms with Crippen molar-refractivity contribution in [2.75, 3.05) is 37.4 Å². The van der Waals surface area contributed by atoms with Crippen LogP contribution in [0.2, 0.25) is 0 Å². The van der Waals surface area contributed by atoms with Gasteiger partial charge in [-0.05, 0) is 18.8 Å². The highest BCUT2D eigenvalue weighted by atomic mass is 16.5. The maximum atomic E-state index is 5.63. The maximum Gasteiger partial charge on any atom is 0.133 e. The van der Waals surface area contributed by atoms with E-state index in [0.717, 1.165) is 32.0 Å². The quantitative estimate of drug-likeness (QED) is 0.824. The molecule has 0 amide bonds. The Kier molecular flexibility index (Phi) is 3.56. The summed E-state index contributed by atoms with van der Waals surface area (Å²) >= 11 is 0. The largest absolute Gasteiger partial charge is 0.384 e. The molecule has 1 atom stereocenters. The normalized spacial score (nSPS) is 20.7. The molecule has 1 aliphatic rings. The molecule has 0 bridgehead atoms. The Morgan fingerprint density at radius 2 is 2.44 bits per heavy atom. The average molecular weight is 222 g/mol. The molecular weight excluding hydrogens is 204 g/mol. The molecule has 0 aliphatic carbocycles. The van der Waals surface area contributed by atoms with Crippen LogP contribution in [0.15, 0.2) is 12.4 Å². The van der Waals surface area contributed by atoms with E-state index < -0.39 is 0 Å². The molecule has 2 rings (SSSR count). The standard InChI is InChI=1S/C11H18N4O/c1-15(6-9-3-2-4-16-7-9)11-5-10(12)13-8-14-11/h5,8-9H,2-4,6-7H2,1H3,(H2,12,13,14). The predicted molar refractivity (Wildman–Crippen MR) is 63.3 cm³/mol. The number of nitrogen functional groups attached to an aromatic ring is 1. The van der Waals surface area contributed by atoms with Crippen LogP contribution in [-0.2, 0) is 4.74 Å². The summed E-state index contributed by atoms with van der Waals surface area (Å²) in [5.74, 6) is 1.98. The van der Waals surface area contributed by atoms with Crippen LogP contribution in [0.25, 0.3) is 0 Å². The summed E-state index contributed by atoms with van der Waals surface area (Å²) in [5.41, 5.74) is 5.63. The molecule has 1 aromatic heterocycles. The first kappa shape index (κ1) is 11.1. The van der Waals surface area contributed by atoms with Gasteiger partial charge in [0, 0.05) is 26.3 Å². The van der Waals surface area contributed by atoms with Crippen molar-refractivity contribution in [3.05, 3.63) is 12.4 Å². The van der Waals surface area contributed by atoms with Crippen molar-refractivity contribution < 1.29 is 4.74 Å². The lowest BCUT2D eigenvalue weighted by Gasteiger charge is -2.27. The third kappa shape index (κ3) is 2.82. The van der Waals surface area contributed by atoms with Gasteiger partial charge >= 0.3 is 0 Å². The zero-order chi connectivity index (χ0) is 11.4. The third-order valence-corrected chi connectivity index (χ3v) is 2.85. The van der Waals surface area contributed by atoms with Gasteiger partial charge in [-0.1, -0.05) is 0 Å². The van der Waals surface area contributed by atoms with Crippen molar-refractivity contribution >= 4 is 11.6 Å². The number of nitrogens with zero attached hydrogens (tertiary/aromatic N) is 3. The van der Waals surface area contributed by atoms with E-state index in [2.05, 4.69) is 14.9 Å². The fraction of sp³-hybridized carbons (Fsp3) is 0.636. The van der Waals surface area contributed by atoms with Gasteiger partial charge in [0.05, 0.1) is 6.61 Å². The summed E-state index contributed by atoms with van der Waals surface area (Å²) in [4.78, 5) is 10.2. The van der Waals surface area contributed by atoms with Crippen LogP contribution in [0.5, 0.6) is 0 Å². The fourth-order valence-electron chi connectivity index (χ4n) is 2.00. The fourth-order valence-corrected chi connectivity index (χ4v) is 2.00. The summed E-state index contributed by atoms with van der Waals surface area (Å²) in [6.45, 7) is 2.71. The lowest BCUT2D eigenvalue weighted by atomic mass is 10.0. The van der Waals surface area contributed by atoms with Gasteiger partial charge in [-0.25, -0.2) is 9.97 Å². The lowest BCUT2D eigenvalue weighted by Crippen LogP contribution is -2.31. The minimum atomic E-state index is 0.511. The van der Waals surface area contributed by atoms with Gasteiger partial charge in [0.2, 0.25) is 0 Å². The Morgan fingerprint density at radius 1 is 1.56 bits per heavy atom. The SMILES string of the molecule is CN(CC1CCCOC1)c1cc(N)ncn1. The van der Waals surface area contributed by atoms with E-state index in [4.69, 9.17) is 10.5 Å². The Hall–Kier alpha value is -1.36. The van der Waals surface area contributed by atoms with Crippen LogP contribution in [0.4, 0.5) is 11.6 Å². The summed E-state index contributed by atoms with van der Waals surface area (Å²) in [6, 6.07) is 1.80. The molecule has 1 aliphatic heterocycles. The van der Waals surface area contributed by atoms with Gasteiger partial charge in [-0.3, -0.25) is 0 Å². The van der Waals surface area contributed by atoms with Crippen LogP contribution in [0.1, 0.15) is 12.8 Å². The molecule has 0 saturated carbocycles. The Bertz CT molecular complexity index is 339.